The first-order valence-corrected chi connectivity index (χ1v) is 13.1. The maximum Gasteiger partial charge on any atom is 0.0685 e. The normalized spacial score (nSPS) is 13.0. The van der Waals surface area contributed by atoms with Crippen LogP contribution in [0, 0.1) is 5.92 Å². The number of rotatable bonds is 13. The van der Waals surface area contributed by atoms with Gasteiger partial charge < -0.3 is 15.3 Å². The van der Waals surface area contributed by atoms with Gasteiger partial charge >= 0.3 is 0 Å². The van der Waals surface area contributed by atoms with E-state index < -0.39 is 0 Å². The second-order valence-electron chi connectivity index (χ2n) is 9.21. The van der Waals surface area contributed by atoms with Crippen molar-refractivity contribution in [2.75, 3.05) is 5.75 Å². The molecule has 2 rings (SSSR count). The van der Waals surface area contributed by atoms with E-state index in [1.54, 1.807) is 11.8 Å². The fraction of sp³-hybridized carbons (Fsp3) is 0.571. The van der Waals surface area contributed by atoms with Crippen LogP contribution in [0.4, 0.5) is 0 Å². The van der Waals surface area contributed by atoms with Crippen LogP contribution in [0.3, 0.4) is 0 Å². The van der Waals surface area contributed by atoms with Crippen LogP contribution in [-0.4, -0.2) is 27.2 Å². The summed E-state index contributed by atoms with van der Waals surface area (Å²) >= 11 is 1.77. The van der Waals surface area contributed by atoms with Gasteiger partial charge in [-0.3, -0.25) is 0 Å². The molecule has 2 aromatic carbocycles. The van der Waals surface area contributed by atoms with Gasteiger partial charge in [0.25, 0.3) is 0 Å². The second kappa shape index (κ2) is 12.8. The van der Waals surface area contributed by atoms with Crippen molar-refractivity contribution in [3.8, 4) is 0 Å². The fourth-order valence-corrected chi connectivity index (χ4v) is 5.66. The van der Waals surface area contributed by atoms with Crippen LogP contribution in [0.1, 0.15) is 81.7 Å². The molecule has 0 aromatic heterocycles. The molecule has 0 saturated carbocycles. The predicted molar refractivity (Wildman–Crippen MR) is 136 cm³/mol. The van der Waals surface area contributed by atoms with Crippen molar-refractivity contribution in [3.63, 3.8) is 0 Å². The van der Waals surface area contributed by atoms with E-state index in [1.165, 1.54) is 21.6 Å². The Labute approximate surface area is 199 Å². The molecule has 178 valence electrons. The van der Waals surface area contributed by atoms with Gasteiger partial charge in [0.05, 0.1) is 19.3 Å². The molecule has 4 heteroatoms. The van der Waals surface area contributed by atoms with E-state index in [-0.39, 0.29) is 30.7 Å². The average Bonchev–Trinajstić information content (AvgIpc) is 2.83. The molecule has 0 saturated heterocycles. The molecule has 0 heterocycles. The monoisotopic (exact) mass is 458 g/mol. The van der Waals surface area contributed by atoms with Crippen LogP contribution in [-0.2, 0) is 31.5 Å². The summed E-state index contributed by atoms with van der Waals surface area (Å²) in [6, 6.07) is 13.0. The maximum absolute atomic E-state index is 10.2. The lowest BCUT2D eigenvalue weighted by Crippen LogP contribution is -2.25. The number of thioether (sulfide) groups is 1. The lowest BCUT2D eigenvalue weighted by molar-refractivity contribution is 0.149. The average molecular weight is 459 g/mol. The van der Waals surface area contributed by atoms with Crippen molar-refractivity contribution in [1.29, 1.82) is 0 Å². The molecule has 0 aliphatic heterocycles. The first-order valence-electron chi connectivity index (χ1n) is 12.1. The summed E-state index contributed by atoms with van der Waals surface area (Å²) in [6.07, 6.45) is 4.85. The SMILES string of the molecule is CCc1cc(C(CC)(CC)CCc2ccc(CO)c(CO)c2)ccc1SCC(O)C(C)C. The van der Waals surface area contributed by atoms with Gasteiger partial charge in [0, 0.05) is 10.6 Å². The highest BCUT2D eigenvalue weighted by atomic mass is 32.2. The highest BCUT2D eigenvalue weighted by molar-refractivity contribution is 7.99. The highest BCUT2D eigenvalue weighted by Crippen LogP contribution is 2.39. The van der Waals surface area contributed by atoms with E-state index in [0.717, 1.165) is 49.0 Å². The number of aliphatic hydroxyl groups excluding tert-OH is 3. The van der Waals surface area contributed by atoms with Crippen LogP contribution < -0.4 is 0 Å². The molecule has 0 spiro atoms. The van der Waals surface area contributed by atoms with Crippen molar-refractivity contribution in [1.82, 2.24) is 0 Å². The summed E-state index contributed by atoms with van der Waals surface area (Å²) in [5.74, 6) is 1.01. The number of aliphatic hydroxyl groups is 3. The quantitative estimate of drug-likeness (QED) is 0.321. The van der Waals surface area contributed by atoms with Gasteiger partial charge in [0.15, 0.2) is 0 Å². The predicted octanol–water partition coefficient (Wildman–Crippen LogP) is 6.03. The summed E-state index contributed by atoms with van der Waals surface area (Å²) in [5.41, 5.74) is 5.72. The minimum atomic E-state index is -0.282. The van der Waals surface area contributed by atoms with Crippen LogP contribution >= 0.6 is 11.8 Å². The van der Waals surface area contributed by atoms with E-state index in [2.05, 4.69) is 58.9 Å². The maximum atomic E-state index is 10.2. The van der Waals surface area contributed by atoms with Gasteiger partial charge in [0.2, 0.25) is 0 Å². The zero-order chi connectivity index (χ0) is 23.7. The zero-order valence-corrected chi connectivity index (χ0v) is 21.3. The van der Waals surface area contributed by atoms with Crippen molar-refractivity contribution in [2.24, 2.45) is 5.92 Å². The Balaban J connectivity index is 2.24. The first kappa shape index (κ1) is 26.9. The van der Waals surface area contributed by atoms with Crippen molar-refractivity contribution >= 4 is 11.8 Å². The summed E-state index contributed by atoms with van der Waals surface area (Å²) in [6.45, 7) is 10.8. The highest BCUT2D eigenvalue weighted by Gasteiger charge is 2.29. The largest absolute Gasteiger partial charge is 0.392 e. The third-order valence-corrected chi connectivity index (χ3v) is 8.31. The van der Waals surface area contributed by atoms with Gasteiger partial charge in [-0.1, -0.05) is 65.0 Å². The second-order valence-corrected chi connectivity index (χ2v) is 10.3. The molecule has 32 heavy (non-hydrogen) atoms. The fourth-order valence-electron chi connectivity index (χ4n) is 4.37. The molecular formula is C28H42O3S. The standard InChI is InChI=1S/C28H42O3S/c1-6-22-16-25(11-12-27(22)32-19-26(31)20(4)5)28(7-2,8-3)14-13-21-9-10-23(17-29)24(15-21)18-30/h9-12,15-16,20,26,29-31H,6-8,13-14,17-19H2,1-5H3. The lowest BCUT2D eigenvalue weighted by atomic mass is 9.71. The van der Waals surface area contributed by atoms with Crippen molar-refractivity contribution in [2.45, 2.75) is 96.4 Å². The van der Waals surface area contributed by atoms with Crippen molar-refractivity contribution in [3.05, 3.63) is 64.2 Å². The molecule has 1 atom stereocenters. The molecule has 0 bridgehead atoms. The Morgan fingerprint density at radius 1 is 0.875 bits per heavy atom. The van der Waals surface area contributed by atoms with Crippen LogP contribution in [0.25, 0.3) is 0 Å². The number of aryl methyl sites for hydroxylation is 2. The van der Waals surface area contributed by atoms with Gasteiger partial charge in [-0.2, -0.15) is 0 Å². The van der Waals surface area contributed by atoms with E-state index in [0.29, 0.717) is 0 Å². The zero-order valence-electron chi connectivity index (χ0n) is 20.5. The lowest BCUT2D eigenvalue weighted by Gasteiger charge is -2.33. The number of benzene rings is 2. The molecule has 3 nitrogen and oxygen atoms in total. The third-order valence-electron chi connectivity index (χ3n) is 7.09. The topological polar surface area (TPSA) is 60.7 Å². The Morgan fingerprint density at radius 3 is 2.12 bits per heavy atom. The molecule has 0 aliphatic rings. The van der Waals surface area contributed by atoms with Crippen molar-refractivity contribution < 1.29 is 15.3 Å². The Bertz CT molecular complexity index is 843. The third kappa shape index (κ3) is 6.60. The summed E-state index contributed by atoms with van der Waals surface area (Å²) in [5, 5.41) is 29.3. The first-order chi connectivity index (χ1) is 15.3. The van der Waals surface area contributed by atoms with Crippen LogP contribution in [0.5, 0.6) is 0 Å². The summed E-state index contributed by atoms with van der Waals surface area (Å²) in [4.78, 5) is 1.28. The Hall–Kier alpha value is -1.33. The Morgan fingerprint density at radius 2 is 1.56 bits per heavy atom. The van der Waals surface area contributed by atoms with Crippen LogP contribution in [0.2, 0.25) is 0 Å². The number of hydrogen-bond donors (Lipinski definition) is 3. The molecule has 0 fully saturated rings. The molecule has 3 N–H and O–H groups in total. The van der Waals surface area contributed by atoms with E-state index >= 15 is 0 Å². The minimum Gasteiger partial charge on any atom is -0.392 e. The van der Waals surface area contributed by atoms with Gasteiger partial charge in [0.1, 0.15) is 0 Å². The summed E-state index contributed by atoms with van der Waals surface area (Å²) < 4.78 is 0. The van der Waals surface area contributed by atoms with Gasteiger partial charge in [-0.05, 0) is 77.3 Å². The van der Waals surface area contributed by atoms with Gasteiger partial charge in [-0.25, -0.2) is 0 Å². The van der Waals surface area contributed by atoms with E-state index in [1.807, 2.05) is 12.1 Å². The summed E-state index contributed by atoms with van der Waals surface area (Å²) in [7, 11) is 0. The molecule has 0 aliphatic carbocycles. The number of hydrogen-bond acceptors (Lipinski definition) is 4. The molecule has 0 amide bonds. The molecular weight excluding hydrogens is 416 g/mol. The molecule has 1 unspecified atom stereocenters. The van der Waals surface area contributed by atoms with E-state index in [4.69, 9.17) is 0 Å². The molecule has 2 aromatic rings. The van der Waals surface area contributed by atoms with E-state index in [9.17, 15) is 15.3 Å². The molecule has 0 radical (unpaired) electrons. The smallest absolute Gasteiger partial charge is 0.0685 e. The van der Waals surface area contributed by atoms with Crippen LogP contribution in [0.15, 0.2) is 41.3 Å². The minimum absolute atomic E-state index is 0.0393. The van der Waals surface area contributed by atoms with Gasteiger partial charge in [-0.15, -0.1) is 11.8 Å². The Kier molecular flexibility index (Phi) is 10.8.